The molecule has 1 atom stereocenters. The van der Waals surface area contributed by atoms with Gasteiger partial charge in [-0.25, -0.2) is 0 Å². The summed E-state index contributed by atoms with van der Waals surface area (Å²) in [6.07, 6.45) is 1.74. The van der Waals surface area contributed by atoms with E-state index in [0.717, 1.165) is 18.4 Å². The molecule has 1 aliphatic rings. The van der Waals surface area contributed by atoms with Crippen LogP contribution < -0.4 is 11.1 Å². The van der Waals surface area contributed by atoms with Gasteiger partial charge in [0.05, 0.1) is 6.04 Å². The molecule has 1 saturated heterocycles. The van der Waals surface area contributed by atoms with Gasteiger partial charge in [-0.05, 0) is 35.3 Å². The average molecular weight is 341 g/mol. The van der Waals surface area contributed by atoms with E-state index in [1.807, 2.05) is 0 Å². The second kappa shape index (κ2) is 8.67. The minimum atomic E-state index is -0.433. The molecule has 0 saturated carbocycles. The summed E-state index contributed by atoms with van der Waals surface area (Å²) in [6, 6.07) is 7.96. The largest absolute Gasteiger partial charge is 0.381 e. The van der Waals surface area contributed by atoms with Crippen molar-refractivity contribution in [1.82, 2.24) is 5.32 Å². The molecule has 130 valence electrons. The molecule has 0 bridgehead atoms. The zero-order valence-corrected chi connectivity index (χ0v) is 15.1. The minimum Gasteiger partial charge on any atom is -0.381 e. The Balaban J connectivity index is 0.00000264. The van der Waals surface area contributed by atoms with Crippen LogP contribution in [0.1, 0.15) is 44.7 Å². The molecule has 23 heavy (non-hydrogen) atoms. The summed E-state index contributed by atoms with van der Waals surface area (Å²) in [5.74, 6) is 0.170. The molecule has 1 heterocycles. The van der Waals surface area contributed by atoms with Gasteiger partial charge in [0.25, 0.3) is 0 Å². The highest BCUT2D eigenvalue weighted by atomic mass is 35.5. The molecule has 0 spiro atoms. The molecule has 1 fully saturated rings. The lowest BCUT2D eigenvalue weighted by atomic mass is 9.87. The summed E-state index contributed by atoms with van der Waals surface area (Å²) in [4.78, 5) is 12.2. The van der Waals surface area contributed by atoms with E-state index in [1.54, 1.807) is 0 Å². The molecule has 4 nitrogen and oxygen atoms in total. The molecule has 0 aliphatic carbocycles. The second-order valence-corrected chi connectivity index (χ2v) is 7.14. The van der Waals surface area contributed by atoms with Crippen molar-refractivity contribution >= 4 is 18.3 Å². The number of nitrogens with two attached hydrogens (primary N) is 1. The van der Waals surface area contributed by atoms with Crippen molar-refractivity contribution in [3.63, 3.8) is 0 Å². The number of nitrogens with one attached hydrogen (secondary N) is 1. The highest BCUT2D eigenvalue weighted by Gasteiger charge is 2.26. The van der Waals surface area contributed by atoms with E-state index in [4.69, 9.17) is 10.5 Å². The van der Waals surface area contributed by atoms with Crippen molar-refractivity contribution in [2.45, 2.75) is 51.6 Å². The van der Waals surface area contributed by atoms with Gasteiger partial charge < -0.3 is 15.8 Å². The van der Waals surface area contributed by atoms with Crippen molar-refractivity contribution < 1.29 is 9.53 Å². The molecule has 1 aromatic carbocycles. The van der Waals surface area contributed by atoms with Gasteiger partial charge in [0.15, 0.2) is 0 Å². The molecule has 3 N–H and O–H groups in total. The monoisotopic (exact) mass is 340 g/mol. The Hall–Kier alpha value is -1.10. The highest BCUT2D eigenvalue weighted by molar-refractivity contribution is 5.85. The van der Waals surface area contributed by atoms with E-state index in [1.165, 1.54) is 5.56 Å². The molecular formula is C18H29ClN2O2. The van der Waals surface area contributed by atoms with Crippen LogP contribution in [0.5, 0.6) is 0 Å². The number of benzene rings is 1. The fraction of sp³-hybridized carbons (Fsp3) is 0.611. The Labute approximate surface area is 145 Å². The standard InChI is InChI=1S/C18H28N2O2.ClH/c1-18(2,3)15-6-4-13(5-7-15)12-20-17(21)16(19)14-8-10-22-11-9-14;/h4-7,14,16H,8-12,19H2,1-3H3,(H,20,21);1H. The van der Waals surface area contributed by atoms with Crippen molar-refractivity contribution in [3.8, 4) is 0 Å². The zero-order valence-electron chi connectivity index (χ0n) is 14.3. The molecule has 1 aliphatic heterocycles. The zero-order chi connectivity index (χ0) is 16.2. The van der Waals surface area contributed by atoms with Crippen LogP contribution in [0.3, 0.4) is 0 Å². The number of amides is 1. The van der Waals surface area contributed by atoms with Gasteiger partial charge in [0.2, 0.25) is 5.91 Å². The van der Waals surface area contributed by atoms with E-state index in [9.17, 15) is 4.79 Å². The van der Waals surface area contributed by atoms with Crippen molar-refractivity contribution in [2.75, 3.05) is 13.2 Å². The third kappa shape index (κ3) is 5.79. The molecule has 5 heteroatoms. The summed E-state index contributed by atoms with van der Waals surface area (Å²) >= 11 is 0. The van der Waals surface area contributed by atoms with E-state index in [0.29, 0.717) is 19.8 Å². The van der Waals surface area contributed by atoms with E-state index in [2.05, 4.69) is 50.4 Å². The third-order valence-electron chi connectivity index (χ3n) is 4.36. The first kappa shape index (κ1) is 19.9. The van der Waals surface area contributed by atoms with Gasteiger partial charge in [-0.15, -0.1) is 12.4 Å². The molecular weight excluding hydrogens is 312 g/mol. The lowest BCUT2D eigenvalue weighted by Crippen LogP contribution is -2.46. The lowest BCUT2D eigenvalue weighted by molar-refractivity contribution is -0.124. The summed E-state index contributed by atoms with van der Waals surface area (Å²) in [5.41, 5.74) is 8.61. The number of carbonyl (C=O) groups excluding carboxylic acids is 1. The lowest BCUT2D eigenvalue weighted by Gasteiger charge is -2.26. The minimum absolute atomic E-state index is 0. The average Bonchev–Trinajstić information content (AvgIpc) is 2.52. The molecule has 1 unspecified atom stereocenters. The SMILES string of the molecule is CC(C)(C)c1ccc(CNC(=O)C(N)C2CCOCC2)cc1.Cl. The predicted molar refractivity (Wildman–Crippen MR) is 95.8 cm³/mol. The number of rotatable bonds is 4. The Morgan fingerprint density at radius 2 is 1.83 bits per heavy atom. The quantitative estimate of drug-likeness (QED) is 0.885. The maximum atomic E-state index is 12.2. The second-order valence-electron chi connectivity index (χ2n) is 7.14. The van der Waals surface area contributed by atoms with Gasteiger partial charge >= 0.3 is 0 Å². The molecule has 2 rings (SSSR count). The fourth-order valence-corrected chi connectivity index (χ4v) is 2.72. The van der Waals surface area contributed by atoms with Crippen molar-refractivity contribution in [3.05, 3.63) is 35.4 Å². The Morgan fingerprint density at radius 1 is 1.26 bits per heavy atom. The highest BCUT2D eigenvalue weighted by Crippen LogP contribution is 2.22. The van der Waals surface area contributed by atoms with Crippen LogP contribution in [0.4, 0.5) is 0 Å². The first-order valence-corrected chi connectivity index (χ1v) is 8.08. The number of carbonyl (C=O) groups is 1. The van der Waals surface area contributed by atoms with Crippen LogP contribution in [-0.2, 0) is 21.5 Å². The number of hydrogen-bond donors (Lipinski definition) is 2. The van der Waals surface area contributed by atoms with Gasteiger partial charge in [0.1, 0.15) is 0 Å². The molecule has 1 amide bonds. The Morgan fingerprint density at radius 3 is 2.35 bits per heavy atom. The van der Waals surface area contributed by atoms with Gasteiger partial charge in [-0.2, -0.15) is 0 Å². The third-order valence-corrected chi connectivity index (χ3v) is 4.36. The van der Waals surface area contributed by atoms with Crippen LogP contribution in [0.15, 0.2) is 24.3 Å². The summed E-state index contributed by atoms with van der Waals surface area (Å²) < 4.78 is 5.31. The molecule has 0 radical (unpaired) electrons. The predicted octanol–water partition coefficient (Wildman–Crippen LogP) is 2.78. The molecule has 0 aromatic heterocycles. The molecule has 1 aromatic rings. The van der Waals surface area contributed by atoms with Gasteiger partial charge in [0, 0.05) is 19.8 Å². The van der Waals surface area contributed by atoms with E-state index < -0.39 is 6.04 Å². The maximum absolute atomic E-state index is 12.2. The van der Waals surface area contributed by atoms with Crippen LogP contribution in [0.2, 0.25) is 0 Å². The van der Waals surface area contributed by atoms with Crippen LogP contribution in [0, 0.1) is 5.92 Å². The number of hydrogen-bond acceptors (Lipinski definition) is 3. The number of ether oxygens (including phenoxy) is 1. The van der Waals surface area contributed by atoms with Crippen LogP contribution in [-0.4, -0.2) is 25.2 Å². The first-order chi connectivity index (χ1) is 10.4. The van der Waals surface area contributed by atoms with Crippen LogP contribution >= 0.6 is 12.4 Å². The van der Waals surface area contributed by atoms with E-state index >= 15 is 0 Å². The van der Waals surface area contributed by atoms with Crippen molar-refractivity contribution in [2.24, 2.45) is 11.7 Å². The summed E-state index contributed by atoms with van der Waals surface area (Å²) in [6.45, 7) is 8.52. The topological polar surface area (TPSA) is 64.4 Å². The summed E-state index contributed by atoms with van der Waals surface area (Å²) in [7, 11) is 0. The normalized spacial score (nSPS) is 17.2. The van der Waals surface area contributed by atoms with E-state index in [-0.39, 0.29) is 29.6 Å². The Kier molecular flexibility index (Phi) is 7.52. The van der Waals surface area contributed by atoms with Crippen LogP contribution in [0.25, 0.3) is 0 Å². The maximum Gasteiger partial charge on any atom is 0.237 e. The van der Waals surface area contributed by atoms with Crippen molar-refractivity contribution in [1.29, 1.82) is 0 Å². The fourth-order valence-electron chi connectivity index (χ4n) is 2.72. The number of halogens is 1. The smallest absolute Gasteiger partial charge is 0.237 e. The summed E-state index contributed by atoms with van der Waals surface area (Å²) in [5, 5.41) is 2.95. The van der Waals surface area contributed by atoms with Gasteiger partial charge in [-0.3, -0.25) is 4.79 Å². The van der Waals surface area contributed by atoms with Gasteiger partial charge in [-0.1, -0.05) is 45.0 Å². The first-order valence-electron chi connectivity index (χ1n) is 8.08. The Bertz CT molecular complexity index is 491.